The highest BCUT2D eigenvalue weighted by molar-refractivity contribution is 5.95. The molecule has 1 spiro atoms. The Balaban J connectivity index is 1.31. The zero-order valence-electron chi connectivity index (χ0n) is 19.3. The summed E-state index contributed by atoms with van der Waals surface area (Å²) in [6, 6.07) is 10.2. The number of rotatable bonds is 4. The summed E-state index contributed by atoms with van der Waals surface area (Å²) in [5, 5.41) is 9.72. The number of nitrogens with zero attached hydrogens (tertiary/aromatic N) is 7. The molecule has 0 atom stereocenters. The van der Waals surface area contributed by atoms with Gasteiger partial charge >= 0.3 is 12.2 Å². The fraction of sp³-hybridized carbons (Fsp3) is 0.435. The van der Waals surface area contributed by atoms with E-state index in [1.807, 2.05) is 6.07 Å². The zero-order chi connectivity index (χ0) is 24.8. The number of urea groups is 1. The van der Waals surface area contributed by atoms with Crippen LogP contribution in [0.15, 0.2) is 48.9 Å². The van der Waals surface area contributed by atoms with Gasteiger partial charge in [-0.2, -0.15) is 17.9 Å². The van der Waals surface area contributed by atoms with Crippen molar-refractivity contribution in [2.45, 2.75) is 42.9 Å². The largest absolute Gasteiger partial charge is 0.436 e. The first-order valence-electron chi connectivity index (χ1n) is 11.3. The highest BCUT2D eigenvalue weighted by Gasteiger charge is 2.50. The minimum atomic E-state index is -4.61. The van der Waals surface area contributed by atoms with Gasteiger partial charge in [0.1, 0.15) is 0 Å². The molecule has 2 amide bonds. The average molecular weight is 487 g/mol. The van der Waals surface area contributed by atoms with Crippen molar-refractivity contribution in [2.24, 2.45) is 0 Å². The minimum Gasteiger partial charge on any atom is -0.330 e. The number of anilines is 1. The third-order valence-corrected chi connectivity index (χ3v) is 7.20. The molecule has 184 valence electrons. The number of alkyl halides is 3. The molecule has 12 heteroatoms. The molecule has 2 fully saturated rings. The first-order valence-corrected chi connectivity index (χ1v) is 11.3. The zero-order valence-corrected chi connectivity index (χ0v) is 19.3. The van der Waals surface area contributed by atoms with E-state index in [2.05, 4.69) is 68.9 Å². The van der Waals surface area contributed by atoms with Gasteiger partial charge in [0.2, 0.25) is 0 Å². The molecule has 1 aliphatic heterocycles. The molecule has 0 radical (unpaired) electrons. The Kier molecular flexibility index (Phi) is 5.50. The summed E-state index contributed by atoms with van der Waals surface area (Å²) in [5.41, 5.74) is 0.145. The summed E-state index contributed by atoms with van der Waals surface area (Å²) < 4.78 is 39.2. The van der Waals surface area contributed by atoms with E-state index in [1.54, 1.807) is 4.90 Å². The van der Waals surface area contributed by atoms with Crippen molar-refractivity contribution in [1.29, 1.82) is 0 Å². The van der Waals surface area contributed by atoms with E-state index in [0.717, 1.165) is 36.6 Å². The van der Waals surface area contributed by atoms with Crippen LogP contribution in [0.25, 0.3) is 5.95 Å². The van der Waals surface area contributed by atoms with Gasteiger partial charge in [-0.15, -0.1) is 5.10 Å². The topological polar surface area (TPSA) is 92.1 Å². The van der Waals surface area contributed by atoms with Crippen molar-refractivity contribution < 1.29 is 18.0 Å². The van der Waals surface area contributed by atoms with Crippen LogP contribution in [0.4, 0.5) is 23.7 Å². The molecule has 1 saturated carbocycles. The highest BCUT2D eigenvalue weighted by atomic mass is 19.4. The van der Waals surface area contributed by atoms with E-state index >= 15 is 0 Å². The van der Waals surface area contributed by atoms with Crippen LogP contribution in [0.3, 0.4) is 0 Å². The van der Waals surface area contributed by atoms with Crippen LogP contribution in [0, 0.1) is 0 Å². The standard InChI is InChI=1S/C23H25F3N8O/c1-32(2)22(16-6-4-3-5-7-16)10-8-21(9-11-22)15-33(20(35)29-21)17-12-27-19(28-13-17)34-14-18(30-31-34)23(24,25)26/h3-7,12-14H,8-11,15H2,1-2H3,(H,29,35)/t21-,22-. The van der Waals surface area contributed by atoms with Crippen molar-refractivity contribution in [3.8, 4) is 5.95 Å². The number of carbonyl (C=O) groups is 1. The predicted octanol–water partition coefficient (Wildman–Crippen LogP) is 3.38. The molecular formula is C23H25F3N8O. The van der Waals surface area contributed by atoms with Gasteiger partial charge in [-0.25, -0.2) is 14.8 Å². The maximum absolute atomic E-state index is 12.9. The van der Waals surface area contributed by atoms with Gasteiger partial charge in [0, 0.05) is 5.54 Å². The second kappa shape index (κ2) is 8.29. The first-order chi connectivity index (χ1) is 16.6. The van der Waals surface area contributed by atoms with Crippen molar-refractivity contribution in [2.75, 3.05) is 25.5 Å². The summed E-state index contributed by atoms with van der Waals surface area (Å²) in [6.45, 7) is 0.467. The molecular weight excluding hydrogens is 461 g/mol. The van der Waals surface area contributed by atoms with E-state index in [9.17, 15) is 18.0 Å². The normalized spacial score (nSPS) is 24.9. The summed E-state index contributed by atoms with van der Waals surface area (Å²) in [7, 11) is 4.19. The quantitative estimate of drug-likeness (QED) is 0.608. The Hall–Kier alpha value is -3.54. The fourth-order valence-electron chi connectivity index (χ4n) is 5.15. The lowest BCUT2D eigenvalue weighted by atomic mass is 9.69. The first kappa shape index (κ1) is 23.2. The summed E-state index contributed by atoms with van der Waals surface area (Å²) >= 11 is 0. The third-order valence-electron chi connectivity index (χ3n) is 7.20. The minimum absolute atomic E-state index is 0.0673. The molecule has 3 aromatic rings. The predicted molar refractivity (Wildman–Crippen MR) is 121 cm³/mol. The second-order valence-electron chi connectivity index (χ2n) is 9.38. The van der Waals surface area contributed by atoms with Gasteiger partial charge in [-0.05, 0) is 45.3 Å². The molecule has 3 heterocycles. The molecule has 9 nitrogen and oxygen atoms in total. The third kappa shape index (κ3) is 4.11. The fourth-order valence-corrected chi connectivity index (χ4v) is 5.15. The lowest BCUT2D eigenvalue weighted by molar-refractivity contribution is -0.141. The van der Waals surface area contributed by atoms with Gasteiger partial charge in [-0.1, -0.05) is 35.5 Å². The van der Waals surface area contributed by atoms with Crippen LogP contribution in [0.5, 0.6) is 0 Å². The number of amides is 2. The number of halogens is 3. The SMILES string of the molecule is CN(C)[C@]1(c2ccccc2)CC[C@@]2(CC1)CN(c1cnc(-n3cc(C(F)(F)F)nn3)nc1)C(=O)N2. The number of nitrogens with one attached hydrogen (secondary N) is 1. The Morgan fingerprint density at radius 2 is 1.69 bits per heavy atom. The molecule has 5 rings (SSSR count). The summed E-state index contributed by atoms with van der Waals surface area (Å²) in [4.78, 5) is 24.9. The molecule has 1 aromatic carbocycles. The van der Waals surface area contributed by atoms with Crippen LogP contribution in [0.2, 0.25) is 0 Å². The van der Waals surface area contributed by atoms with Crippen LogP contribution in [0.1, 0.15) is 36.9 Å². The van der Waals surface area contributed by atoms with Crippen LogP contribution >= 0.6 is 0 Å². The van der Waals surface area contributed by atoms with Gasteiger partial charge in [0.25, 0.3) is 5.95 Å². The smallest absolute Gasteiger partial charge is 0.330 e. The van der Waals surface area contributed by atoms with Crippen molar-refractivity contribution in [3.63, 3.8) is 0 Å². The Bertz CT molecular complexity index is 1200. The van der Waals surface area contributed by atoms with Crippen molar-refractivity contribution in [3.05, 3.63) is 60.2 Å². The maximum atomic E-state index is 12.9. The lowest BCUT2D eigenvalue weighted by Crippen LogP contribution is -2.54. The van der Waals surface area contributed by atoms with E-state index in [-0.39, 0.29) is 23.1 Å². The maximum Gasteiger partial charge on any atom is 0.436 e. The monoisotopic (exact) mass is 486 g/mol. The molecule has 1 N–H and O–H groups in total. The number of hydrogen-bond acceptors (Lipinski definition) is 6. The van der Waals surface area contributed by atoms with E-state index in [4.69, 9.17) is 0 Å². The Morgan fingerprint density at radius 3 is 2.26 bits per heavy atom. The average Bonchev–Trinajstić information content (AvgIpc) is 3.46. The van der Waals surface area contributed by atoms with Gasteiger partial charge in [0.15, 0.2) is 5.69 Å². The second-order valence-corrected chi connectivity index (χ2v) is 9.38. The number of benzene rings is 1. The molecule has 0 unspecified atom stereocenters. The van der Waals surface area contributed by atoms with Crippen molar-refractivity contribution >= 4 is 11.7 Å². The number of aromatic nitrogens is 5. The Labute approximate surface area is 200 Å². The van der Waals surface area contributed by atoms with Crippen LogP contribution < -0.4 is 10.2 Å². The van der Waals surface area contributed by atoms with Crippen molar-refractivity contribution in [1.82, 2.24) is 35.2 Å². The lowest BCUT2D eigenvalue weighted by Gasteiger charge is -2.48. The Morgan fingerprint density at radius 1 is 1.03 bits per heavy atom. The molecule has 0 bridgehead atoms. The van der Waals surface area contributed by atoms with E-state index in [0.29, 0.717) is 12.2 Å². The highest BCUT2D eigenvalue weighted by Crippen LogP contribution is 2.46. The molecule has 2 aromatic heterocycles. The van der Waals surface area contributed by atoms with Crippen LogP contribution in [-0.2, 0) is 11.7 Å². The molecule has 35 heavy (non-hydrogen) atoms. The van der Waals surface area contributed by atoms with Gasteiger partial charge in [-0.3, -0.25) is 9.80 Å². The number of carbonyl (C=O) groups excluding carboxylic acids is 1. The van der Waals surface area contributed by atoms with Gasteiger partial charge in [0.05, 0.1) is 36.4 Å². The summed E-state index contributed by atoms with van der Waals surface area (Å²) in [6.07, 6.45) is 2.33. The molecule has 1 aliphatic carbocycles. The van der Waals surface area contributed by atoms with E-state index in [1.165, 1.54) is 18.0 Å². The number of hydrogen-bond donors (Lipinski definition) is 1. The molecule has 2 aliphatic rings. The van der Waals surface area contributed by atoms with Gasteiger partial charge < -0.3 is 5.32 Å². The van der Waals surface area contributed by atoms with E-state index < -0.39 is 11.9 Å². The summed E-state index contributed by atoms with van der Waals surface area (Å²) in [5.74, 6) is -0.0673. The molecule has 1 saturated heterocycles. The van der Waals surface area contributed by atoms with Crippen LogP contribution in [-0.4, -0.2) is 62.1 Å².